The summed E-state index contributed by atoms with van der Waals surface area (Å²) in [4.78, 5) is 6.24. The van der Waals surface area contributed by atoms with Gasteiger partial charge in [0.2, 0.25) is 0 Å². The third-order valence-corrected chi connectivity index (χ3v) is 4.10. The molecule has 5 nitrogen and oxygen atoms in total. The second-order valence-corrected chi connectivity index (χ2v) is 6.19. The number of aromatic nitrogens is 2. The molecule has 114 valence electrons. The number of nitrogens with one attached hydrogen (secondary N) is 2. The minimum Gasteiger partial charge on any atom is -0.332 e. The van der Waals surface area contributed by atoms with Crippen LogP contribution in [0.25, 0.3) is 0 Å². The van der Waals surface area contributed by atoms with E-state index in [0.717, 1.165) is 18.3 Å². The van der Waals surface area contributed by atoms with Crippen LogP contribution in [-0.2, 0) is 16.2 Å². The zero-order valence-corrected chi connectivity index (χ0v) is 12.1. The van der Waals surface area contributed by atoms with Crippen LogP contribution in [0, 0.1) is 6.92 Å². The first-order valence-electron chi connectivity index (χ1n) is 5.51. The molecular weight excluding hydrogens is 331 g/mol. The summed E-state index contributed by atoms with van der Waals surface area (Å²) in [6.07, 6.45) is -3.46. The third kappa shape index (κ3) is 3.48. The highest BCUT2D eigenvalue weighted by Crippen LogP contribution is 2.34. The van der Waals surface area contributed by atoms with Crippen LogP contribution in [0.3, 0.4) is 0 Å². The third-order valence-electron chi connectivity index (χ3n) is 2.51. The summed E-state index contributed by atoms with van der Waals surface area (Å²) < 4.78 is 63.6. The van der Waals surface area contributed by atoms with Gasteiger partial charge in [-0.05, 0) is 25.1 Å². The van der Waals surface area contributed by atoms with Crippen molar-refractivity contribution >= 4 is 27.3 Å². The summed E-state index contributed by atoms with van der Waals surface area (Å²) in [5.41, 5.74) is -1.12. The molecule has 1 aromatic carbocycles. The van der Waals surface area contributed by atoms with Crippen LogP contribution < -0.4 is 4.72 Å². The van der Waals surface area contributed by atoms with E-state index in [9.17, 15) is 21.6 Å². The number of hydrogen-bond acceptors (Lipinski definition) is 3. The average molecular weight is 340 g/mol. The van der Waals surface area contributed by atoms with Crippen LogP contribution in [0.4, 0.5) is 18.9 Å². The van der Waals surface area contributed by atoms with Gasteiger partial charge >= 0.3 is 6.18 Å². The molecule has 0 fully saturated rings. The fraction of sp³-hybridized carbons (Fsp3) is 0.182. The van der Waals surface area contributed by atoms with Gasteiger partial charge in [-0.2, -0.15) is 21.6 Å². The predicted molar refractivity (Wildman–Crippen MR) is 70.6 cm³/mol. The molecule has 1 heterocycles. The summed E-state index contributed by atoms with van der Waals surface area (Å²) >= 11 is 5.68. The number of benzene rings is 1. The Bertz CT molecular complexity index is 771. The second kappa shape index (κ2) is 5.23. The van der Waals surface area contributed by atoms with Gasteiger partial charge in [0.15, 0.2) is 5.03 Å². The largest absolute Gasteiger partial charge is 0.416 e. The van der Waals surface area contributed by atoms with Gasteiger partial charge < -0.3 is 4.98 Å². The number of halogens is 4. The molecule has 0 aliphatic rings. The molecule has 10 heteroatoms. The SMILES string of the molecule is Cc1ncc(S(=O)(=O)Nc2ccc(C(F)(F)F)cc2Cl)[nH]1. The Morgan fingerprint density at radius 3 is 2.48 bits per heavy atom. The Morgan fingerprint density at radius 1 is 1.33 bits per heavy atom. The normalized spacial score (nSPS) is 12.4. The molecule has 0 saturated heterocycles. The molecule has 0 aliphatic carbocycles. The van der Waals surface area contributed by atoms with Crippen molar-refractivity contribution in [2.24, 2.45) is 0 Å². The van der Waals surface area contributed by atoms with Gasteiger partial charge in [-0.25, -0.2) is 4.98 Å². The highest BCUT2D eigenvalue weighted by atomic mass is 35.5. The minimum absolute atomic E-state index is 0.156. The molecule has 1 aromatic heterocycles. The summed E-state index contributed by atoms with van der Waals surface area (Å²) in [5, 5.41) is -0.569. The standard InChI is InChI=1S/C11H9ClF3N3O2S/c1-6-16-5-10(17-6)21(19,20)18-9-3-2-7(4-8(9)12)11(13,14)15/h2-5,18H,1H3,(H,16,17). The van der Waals surface area contributed by atoms with Gasteiger partial charge in [-0.15, -0.1) is 0 Å². The van der Waals surface area contributed by atoms with Crippen LogP contribution in [-0.4, -0.2) is 18.4 Å². The van der Waals surface area contributed by atoms with Crippen molar-refractivity contribution in [3.05, 3.63) is 40.8 Å². The maximum absolute atomic E-state index is 12.5. The van der Waals surface area contributed by atoms with Crippen molar-refractivity contribution in [2.75, 3.05) is 4.72 Å². The number of nitrogens with zero attached hydrogens (tertiary/aromatic N) is 1. The number of H-pyrrole nitrogens is 1. The van der Waals surface area contributed by atoms with Crippen LogP contribution in [0.15, 0.2) is 29.4 Å². The Balaban J connectivity index is 2.32. The molecule has 0 spiro atoms. The average Bonchev–Trinajstić information content (AvgIpc) is 2.78. The topological polar surface area (TPSA) is 74.8 Å². The molecule has 0 aliphatic heterocycles. The maximum atomic E-state index is 12.5. The zero-order valence-electron chi connectivity index (χ0n) is 10.5. The molecule has 2 rings (SSSR count). The molecule has 0 atom stereocenters. The van der Waals surface area contributed by atoms with Gasteiger partial charge in [0.25, 0.3) is 10.0 Å². The van der Waals surface area contributed by atoms with E-state index >= 15 is 0 Å². The van der Waals surface area contributed by atoms with Crippen LogP contribution in [0.2, 0.25) is 5.02 Å². The van der Waals surface area contributed by atoms with Gasteiger partial charge in [0.05, 0.1) is 22.5 Å². The predicted octanol–water partition coefficient (Wildman–Crippen LogP) is 3.19. The van der Waals surface area contributed by atoms with E-state index in [1.807, 2.05) is 0 Å². The fourth-order valence-electron chi connectivity index (χ4n) is 1.51. The molecule has 0 amide bonds. The Hall–Kier alpha value is -1.74. The van der Waals surface area contributed by atoms with Crippen LogP contribution in [0.5, 0.6) is 0 Å². The van der Waals surface area contributed by atoms with E-state index in [0.29, 0.717) is 11.9 Å². The number of alkyl halides is 3. The van der Waals surface area contributed by atoms with E-state index in [1.165, 1.54) is 0 Å². The van der Waals surface area contributed by atoms with Crippen molar-refractivity contribution in [1.29, 1.82) is 0 Å². The number of aryl methyl sites for hydroxylation is 1. The van der Waals surface area contributed by atoms with Crippen molar-refractivity contribution in [3.8, 4) is 0 Å². The van der Waals surface area contributed by atoms with Crippen LogP contribution in [0.1, 0.15) is 11.4 Å². The highest BCUT2D eigenvalue weighted by molar-refractivity contribution is 7.92. The van der Waals surface area contributed by atoms with Gasteiger partial charge in [0.1, 0.15) is 5.82 Å². The molecule has 0 saturated carbocycles. The lowest BCUT2D eigenvalue weighted by Crippen LogP contribution is -2.14. The Kier molecular flexibility index (Phi) is 3.89. The number of sulfonamides is 1. The second-order valence-electron chi connectivity index (χ2n) is 4.13. The van der Waals surface area contributed by atoms with Crippen molar-refractivity contribution < 1.29 is 21.6 Å². The quantitative estimate of drug-likeness (QED) is 0.901. The van der Waals surface area contributed by atoms with E-state index < -0.39 is 21.8 Å². The van der Waals surface area contributed by atoms with E-state index in [2.05, 4.69) is 14.7 Å². The lowest BCUT2D eigenvalue weighted by Gasteiger charge is -2.11. The van der Waals surface area contributed by atoms with Crippen molar-refractivity contribution in [2.45, 2.75) is 18.1 Å². The molecule has 0 radical (unpaired) electrons. The molecule has 2 aromatic rings. The Labute approximate surface area is 123 Å². The van der Waals surface area contributed by atoms with Gasteiger partial charge in [-0.1, -0.05) is 11.6 Å². The first kappa shape index (κ1) is 15.6. The minimum atomic E-state index is -4.55. The first-order valence-corrected chi connectivity index (χ1v) is 7.37. The lowest BCUT2D eigenvalue weighted by atomic mass is 10.2. The fourth-order valence-corrected chi connectivity index (χ4v) is 2.84. The van der Waals surface area contributed by atoms with Crippen molar-refractivity contribution in [3.63, 3.8) is 0 Å². The summed E-state index contributed by atoms with van der Waals surface area (Å²) in [7, 11) is -4.00. The lowest BCUT2D eigenvalue weighted by molar-refractivity contribution is -0.137. The number of rotatable bonds is 3. The summed E-state index contributed by atoms with van der Waals surface area (Å²) in [5.74, 6) is 0.383. The number of aromatic amines is 1. The number of hydrogen-bond donors (Lipinski definition) is 2. The molecule has 21 heavy (non-hydrogen) atoms. The summed E-state index contributed by atoms with van der Waals surface area (Å²) in [6, 6.07) is 2.34. The monoisotopic (exact) mass is 339 g/mol. The Morgan fingerprint density at radius 2 is 2.00 bits per heavy atom. The smallest absolute Gasteiger partial charge is 0.332 e. The molecular formula is C11H9ClF3N3O2S. The van der Waals surface area contributed by atoms with E-state index in [4.69, 9.17) is 11.6 Å². The number of anilines is 1. The molecule has 0 unspecified atom stereocenters. The zero-order chi connectivity index (χ0) is 15.8. The van der Waals surface area contributed by atoms with Gasteiger partial charge in [-0.3, -0.25) is 4.72 Å². The molecule has 0 bridgehead atoms. The summed E-state index contributed by atoms with van der Waals surface area (Å²) in [6.45, 7) is 1.56. The highest BCUT2D eigenvalue weighted by Gasteiger charge is 2.31. The van der Waals surface area contributed by atoms with Gasteiger partial charge in [0, 0.05) is 0 Å². The van der Waals surface area contributed by atoms with Crippen LogP contribution >= 0.6 is 11.6 Å². The van der Waals surface area contributed by atoms with Crippen molar-refractivity contribution in [1.82, 2.24) is 9.97 Å². The maximum Gasteiger partial charge on any atom is 0.416 e. The number of imidazole rings is 1. The first-order chi connectivity index (χ1) is 9.59. The van der Waals surface area contributed by atoms with E-state index in [-0.39, 0.29) is 15.7 Å². The molecule has 2 N–H and O–H groups in total. The van der Waals surface area contributed by atoms with E-state index in [1.54, 1.807) is 6.92 Å².